The molecule has 106 valence electrons. The first kappa shape index (κ1) is 15.3. The molecular weight excluding hydrogens is 335 g/mol. The highest BCUT2D eigenvalue weighted by molar-refractivity contribution is 6.44. The summed E-state index contributed by atoms with van der Waals surface area (Å²) in [5.41, 5.74) is 0.310. The highest BCUT2D eigenvalue weighted by Gasteiger charge is 2.18. The highest BCUT2D eigenvalue weighted by Crippen LogP contribution is 2.40. The average Bonchev–Trinajstić information content (AvgIpc) is 2.36. The fourth-order valence-corrected chi connectivity index (χ4v) is 2.31. The molecule has 0 bridgehead atoms. The normalized spacial score (nSPS) is 10.9. The van der Waals surface area contributed by atoms with E-state index in [1.165, 1.54) is 24.3 Å². The van der Waals surface area contributed by atoms with Crippen molar-refractivity contribution in [2.75, 3.05) is 0 Å². The SMILES string of the molecule is Fc1cccc(-c2cc(Cl)c(Cl)cc2Cl)c1OC(F)F. The molecule has 0 fully saturated rings. The summed E-state index contributed by atoms with van der Waals surface area (Å²) in [7, 11) is 0. The van der Waals surface area contributed by atoms with E-state index in [1.807, 2.05) is 0 Å². The Balaban J connectivity index is 2.63. The van der Waals surface area contributed by atoms with Crippen molar-refractivity contribution < 1.29 is 17.9 Å². The second-order valence-corrected chi connectivity index (χ2v) is 4.96. The van der Waals surface area contributed by atoms with Crippen molar-refractivity contribution in [2.24, 2.45) is 0 Å². The number of benzene rings is 2. The van der Waals surface area contributed by atoms with Crippen LogP contribution in [0.4, 0.5) is 13.2 Å². The second kappa shape index (κ2) is 6.12. The first-order valence-corrected chi connectivity index (χ1v) is 6.41. The van der Waals surface area contributed by atoms with Gasteiger partial charge in [-0.3, -0.25) is 0 Å². The van der Waals surface area contributed by atoms with Crippen molar-refractivity contribution in [1.82, 2.24) is 0 Å². The number of ether oxygens (including phenoxy) is 1. The molecule has 0 N–H and O–H groups in total. The van der Waals surface area contributed by atoms with Gasteiger partial charge in [-0.1, -0.05) is 46.9 Å². The van der Waals surface area contributed by atoms with Gasteiger partial charge in [0.05, 0.1) is 15.1 Å². The Morgan fingerprint density at radius 2 is 1.55 bits per heavy atom. The summed E-state index contributed by atoms with van der Waals surface area (Å²) in [6.45, 7) is -3.16. The zero-order valence-corrected chi connectivity index (χ0v) is 11.9. The lowest BCUT2D eigenvalue weighted by molar-refractivity contribution is -0.0517. The summed E-state index contributed by atoms with van der Waals surface area (Å²) in [5, 5.41) is 0.510. The molecule has 0 saturated heterocycles. The molecule has 0 unspecified atom stereocenters. The van der Waals surface area contributed by atoms with Crippen LogP contribution in [0, 0.1) is 5.82 Å². The van der Waals surface area contributed by atoms with E-state index >= 15 is 0 Å². The number of halogens is 6. The van der Waals surface area contributed by atoms with Gasteiger partial charge in [0.2, 0.25) is 0 Å². The lowest BCUT2D eigenvalue weighted by Gasteiger charge is -2.13. The van der Waals surface area contributed by atoms with Crippen LogP contribution in [0.2, 0.25) is 15.1 Å². The molecule has 2 aromatic rings. The maximum atomic E-state index is 13.6. The van der Waals surface area contributed by atoms with Gasteiger partial charge in [-0.25, -0.2) is 4.39 Å². The zero-order chi connectivity index (χ0) is 14.9. The summed E-state index contributed by atoms with van der Waals surface area (Å²) in [5.74, 6) is -1.52. The van der Waals surface area contributed by atoms with Gasteiger partial charge in [0, 0.05) is 11.1 Å². The predicted octanol–water partition coefficient (Wildman–Crippen LogP) is 6.05. The Kier molecular flexibility index (Phi) is 4.68. The molecule has 20 heavy (non-hydrogen) atoms. The zero-order valence-electron chi connectivity index (χ0n) is 9.64. The highest BCUT2D eigenvalue weighted by atomic mass is 35.5. The van der Waals surface area contributed by atoms with E-state index in [1.54, 1.807) is 0 Å². The topological polar surface area (TPSA) is 9.23 Å². The Hall–Kier alpha value is -1.10. The number of alkyl halides is 2. The maximum Gasteiger partial charge on any atom is 0.387 e. The number of rotatable bonds is 3. The molecule has 0 aliphatic rings. The molecule has 2 rings (SSSR count). The minimum Gasteiger partial charge on any atom is -0.431 e. The van der Waals surface area contributed by atoms with Crippen molar-refractivity contribution in [1.29, 1.82) is 0 Å². The van der Waals surface area contributed by atoms with E-state index < -0.39 is 18.2 Å². The minimum atomic E-state index is -3.16. The van der Waals surface area contributed by atoms with Crippen molar-refractivity contribution in [3.63, 3.8) is 0 Å². The van der Waals surface area contributed by atoms with Gasteiger partial charge in [0.1, 0.15) is 0 Å². The van der Waals surface area contributed by atoms with E-state index in [4.69, 9.17) is 34.8 Å². The molecule has 0 amide bonds. The fraction of sp³-hybridized carbons (Fsp3) is 0.0769. The molecule has 0 radical (unpaired) electrons. The third-order valence-electron chi connectivity index (χ3n) is 2.47. The van der Waals surface area contributed by atoms with E-state index in [-0.39, 0.29) is 26.2 Å². The van der Waals surface area contributed by atoms with Crippen molar-refractivity contribution >= 4 is 34.8 Å². The van der Waals surface area contributed by atoms with E-state index in [2.05, 4.69) is 4.74 Å². The van der Waals surface area contributed by atoms with Crippen molar-refractivity contribution in [2.45, 2.75) is 6.61 Å². The smallest absolute Gasteiger partial charge is 0.387 e. The van der Waals surface area contributed by atoms with Gasteiger partial charge < -0.3 is 4.74 Å². The summed E-state index contributed by atoms with van der Waals surface area (Å²) in [6, 6.07) is 6.46. The van der Waals surface area contributed by atoms with Crippen LogP contribution < -0.4 is 4.74 Å². The summed E-state index contributed by atoms with van der Waals surface area (Å²) < 4.78 is 42.6. The van der Waals surface area contributed by atoms with Gasteiger partial charge in [-0.15, -0.1) is 0 Å². The molecule has 0 aromatic heterocycles. The summed E-state index contributed by atoms with van der Waals surface area (Å²) in [6.07, 6.45) is 0. The molecule has 2 aromatic carbocycles. The number of para-hydroxylation sites is 1. The molecular formula is C13H6Cl3F3O. The summed E-state index contributed by atoms with van der Waals surface area (Å²) >= 11 is 17.6. The Labute approximate surface area is 127 Å². The van der Waals surface area contributed by atoms with E-state index in [0.29, 0.717) is 0 Å². The van der Waals surface area contributed by atoms with E-state index in [0.717, 1.165) is 6.07 Å². The Bertz CT molecular complexity index is 647. The van der Waals surface area contributed by atoms with Gasteiger partial charge in [-0.2, -0.15) is 8.78 Å². The third kappa shape index (κ3) is 3.14. The van der Waals surface area contributed by atoms with Crippen LogP contribution in [-0.4, -0.2) is 6.61 Å². The summed E-state index contributed by atoms with van der Waals surface area (Å²) in [4.78, 5) is 0. The van der Waals surface area contributed by atoms with Crippen LogP contribution in [0.3, 0.4) is 0 Å². The lowest BCUT2D eigenvalue weighted by atomic mass is 10.0. The van der Waals surface area contributed by atoms with E-state index in [9.17, 15) is 13.2 Å². The van der Waals surface area contributed by atoms with Crippen LogP contribution in [-0.2, 0) is 0 Å². The molecule has 0 heterocycles. The first-order valence-electron chi connectivity index (χ1n) is 5.28. The molecule has 0 aliphatic carbocycles. The molecule has 0 spiro atoms. The molecule has 0 aliphatic heterocycles. The maximum absolute atomic E-state index is 13.6. The number of hydrogen-bond donors (Lipinski definition) is 0. The molecule has 0 atom stereocenters. The standard InChI is InChI=1S/C13H6Cl3F3O/c14-8-5-10(16)9(15)4-7(8)6-2-1-3-11(17)12(6)20-13(18)19/h1-5,13H. The van der Waals surface area contributed by atoms with Crippen LogP contribution >= 0.6 is 34.8 Å². The minimum absolute atomic E-state index is 0.0638. The Morgan fingerprint density at radius 1 is 0.900 bits per heavy atom. The van der Waals surface area contributed by atoms with Gasteiger partial charge in [-0.05, 0) is 18.2 Å². The average molecular weight is 342 g/mol. The van der Waals surface area contributed by atoms with Crippen molar-refractivity contribution in [3.05, 3.63) is 51.2 Å². The third-order valence-corrected chi connectivity index (χ3v) is 3.51. The monoisotopic (exact) mass is 340 g/mol. The van der Waals surface area contributed by atoms with Gasteiger partial charge in [0.15, 0.2) is 11.6 Å². The first-order chi connectivity index (χ1) is 9.40. The van der Waals surface area contributed by atoms with Crippen LogP contribution in [0.5, 0.6) is 5.75 Å². The van der Waals surface area contributed by atoms with Gasteiger partial charge in [0.25, 0.3) is 0 Å². The number of hydrogen-bond acceptors (Lipinski definition) is 1. The van der Waals surface area contributed by atoms with Crippen LogP contribution in [0.1, 0.15) is 0 Å². The van der Waals surface area contributed by atoms with Crippen LogP contribution in [0.15, 0.2) is 30.3 Å². The molecule has 1 nitrogen and oxygen atoms in total. The van der Waals surface area contributed by atoms with Crippen molar-refractivity contribution in [3.8, 4) is 16.9 Å². The quantitative estimate of drug-likeness (QED) is 0.617. The molecule has 0 saturated carbocycles. The Morgan fingerprint density at radius 3 is 2.20 bits per heavy atom. The second-order valence-electron chi connectivity index (χ2n) is 3.74. The van der Waals surface area contributed by atoms with Gasteiger partial charge >= 0.3 is 6.61 Å². The fourth-order valence-electron chi connectivity index (χ4n) is 1.66. The largest absolute Gasteiger partial charge is 0.431 e. The van der Waals surface area contributed by atoms with Crippen LogP contribution in [0.25, 0.3) is 11.1 Å². The molecule has 7 heteroatoms. The lowest BCUT2D eigenvalue weighted by Crippen LogP contribution is -2.05. The predicted molar refractivity (Wildman–Crippen MR) is 73.5 cm³/mol.